The molecule has 0 radical (unpaired) electrons. The van der Waals surface area contributed by atoms with Gasteiger partial charge >= 0.3 is 5.97 Å². The van der Waals surface area contributed by atoms with Gasteiger partial charge in [-0.1, -0.05) is 12.1 Å². The van der Waals surface area contributed by atoms with Gasteiger partial charge in [-0.3, -0.25) is 0 Å². The van der Waals surface area contributed by atoms with Gasteiger partial charge in [-0.05, 0) is 30.3 Å². The molecule has 3 heterocycles. The molecule has 0 amide bonds. The van der Waals surface area contributed by atoms with Gasteiger partial charge in [0.1, 0.15) is 23.6 Å². The lowest BCUT2D eigenvalue weighted by atomic mass is 10.2. The van der Waals surface area contributed by atoms with Gasteiger partial charge in [-0.15, -0.1) is 0 Å². The van der Waals surface area contributed by atoms with E-state index in [1.165, 1.54) is 12.3 Å². The number of pyridine rings is 1. The van der Waals surface area contributed by atoms with Gasteiger partial charge in [0.15, 0.2) is 28.9 Å². The molecule has 1 unspecified atom stereocenters. The molecule has 0 saturated carbocycles. The lowest BCUT2D eigenvalue weighted by Crippen LogP contribution is -2.35. The van der Waals surface area contributed by atoms with Crippen molar-refractivity contribution in [2.75, 3.05) is 18.5 Å². The molecular formula is C22H17N3O6. The largest absolute Gasteiger partial charge is 0.486 e. The zero-order chi connectivity index (χ0) is 21.2. The van der Waals surface area contributed by atoms with Crippen LogP contribution in [0.4, 0.5) is 6.01 Å². The van der Waals surface area contributed by atoms with Crippen molar-refractivity contribution in [2.45, 2.75) is 6.10 Å². The molecule has 1 atom stereocenters. The molecule has 0 bridgehead atoms. The summed E-state index contributed by atoms with van der Waals surface area (Å²) in [6.45, 7) is 0.881. The van der Waals surface area contributed by atoms with Crippen LogP contribution in [0.3, 0.4) is 0 Å². The number of rotatable bonds is 6. The Kier molecular flexibility index (Phi) is 4.75. The molecule has 156 valence electrons. The maximum absolute atomic E-state index is 11.1. The Morgan fingerprint density at radius 2 is 1.97 bits per heavy atom. The van der Waals surface area contributed by atoms with E-state index in [4.69, 9.17) is 23.7 Å². The Morgan fingerprint density at radius 1 is 1.13 bits per heavy atom. The Bertz CT molecular complexity index is 1250. The zero-order valence-electron chi connectivity index (χ0n) is 16.1. The van der Waals surface area contributed by atoms with Gasteiger partial charge in [-0.25, -0.2) is 9.78 Å². The van der Waals surface area contributed by atoms with E-state index in [0.717, 1.165) is 5.75 Å². The number of anilines is 1. The van der Waals surface area contributed by atoms with Crippen molar-refractivity contribution in [1.82, 2.24) is 9.97 Å². The van der Waals surface area contributed by atoms with E-state index in [0.29, 0.717) is 47.5 Å². The Morgan fingerprint density at radius 3 is 2.84 bits per heavy atom. The first-order valence-electron chi connectivity index (χ1n) is 9.54. The quantitative estimate of drug-likeness (QED) is 0.479. The highest BCUT2D eigenvalue weighted by Gasteiger charge is 2.21. The monoisotopic (exact) mass is 419 g/mol. The Labute approximate surface area is 176 Å². The van der Waals surface area contributed by atoms with E-state index in [9.17, 15) is 4.79 Å². The molecule has 2 N–H and O–H groups in total. The first kappa shape index (κ1) is 18.7. The first-order valence-corrected chi connectivity index (χ1v) is 9.54. The molecule has 0 aliphatic carbocycles. The number of ether oxygens (including phenoxy) is 3. The lowest BCUT2D eigenvalue weighted by molar-refractivity contribution is 0.0690. The van der Waals surface area contributed by atoms with E-state index in [1.54, 1.807) is 24.3 Å². The average Bonchev–Trinajstić information content (AvgIpc) is 3.20. The second kappa shape index (κ2) is 7.86. The highest BCUT2D eigenvalue weighted by molar-refractivity contribution is 5.85. The van der Waals surface area contributed by atoms with E-state index >= 15 is 0 Å². The fraction of sp³-hybridized carbons (Fsp3) is 0.136. The van der Waals surface area contributed by atoms with Crippen LogP contribution in [0.1, 0.15) is 10.5 Å². The van der Waals surface area contributed by atoms with Crippen LogP contribution in [-0.4, -0.2) is 40.3 Å². The van der Waals surface area contributed by atoms with Crippen LogP contribution in [0.25, 0.3) is 11.1 Å². The minimum atomic E-state index is -1.12. The molecule has 9 nitrogen and oxygen atoms in total. The van der Waals surface area contributed by atoms with Crippen molar-refractivity contribution in [3.8, 4) is 23.0 Å². The van der Waals surface area contributed by atoms with Crippen molar-refractivity contribution >= 4 is 23.1 Å². The fourth-order valence-electron chi connectivity index (χ4n) is 3.14. The third-order valence-electron chi connectivity index (χ3n) is 4.59. The normalized spacial score (nSPS) is 14.9. The van der Waals surface area contributed by atoms with E-state index in [2.05, 4.69) is 15.3 Å². The first-order chi connectivity index (χ1) is 15.1. The molecular weight excluding hydrogens is 402 g/mol. The molecule has 2 aromatic carbocycles. The maximum atomic E-state index is 11.1. The number of oxazole rings is 1. The van der Waals surface area contributed by atoms with Crippen molar-refractivity contribution in [2.24, 2.45) is 0 Å². The predicted molar refractivity (Wildman–Crippen MR) is 110 cm³/mol. The second-order valence-corrected chi connectivity index (χ2v) is 6.81. The van der Waals surface area contributed by atoms with E-state index in [1.807, 2.05) is 24.3 Å². The summed E-state index contributed by atoms with van der Waals surface area (Å²) in [5.41, 5.74) is 1.09. The topological polar surface area (TPSA) is 116 Å². The average molecular weight is 419 g/mol. The van der Waals surface area contributed by atoms with Crippen LogP contribution < -0.4 is 19.5 Å². The summed E-state index contributed by atoms with van der Waals surface area (Å²) in [6.07, 6.45) is 1.20. The number of para-hydroxylation sites is 2. The predicted octanol–water partition coefficient (Wildman–Crippen LogP) is 3.97. The Balaban J connectivity index is 1.26. The Hall–Kier alpha value is -4.27. The standard InChI is InChI=1S/C22H17N3O6/c26-21(27)17-9-14(7-8-23-17)29-13-5-6-16-20(10-13)31-22(25-16)24-11-15-12-28-18-3-1-2-4-19(18)30-15/h1-10,15H,11-12H2,(H,24,25)(H,26,27). The summed E-state index contributed by atoms with van der Waals surface area (Å²) >= 11 is 0. The van der Waals surface area contributed by atoms with Crippen LogP contribution in [0, 0.1) is 0 Å². The SMILES string of the molecule is O=C(O)c1cc(Oc2ccc3nc(NCC4COc5ccccc5O4)oc3c2)ccn1. The van der Waals surface area contributed by atoms with E-state index < -0.39 is 5.97 Å². The number of aromatic nitrogens is 2. The van der Waals surface area contributed by atoms with Gasteiger partial charge in [0.05, 0.1) is 6.54 Å². The molecule has 0 saturated heterocycles. The smallest absolute Gasteiger partial charge is 0.354 e. The van der Waals surface area contributed by atoms with Crippen LogP contribution in [0.15, 0.2) is 65.2 Å². The molecule has 5 rings (SSSR count). The van der Waals surface area contributed by atoms with Gasteiger partial charge in [0.25, 0.3) is 6.01 Å². The van der Waals surface area contributed by atoms with Gasteiger partial charge in [0.2, 0.25) is 0 Å². The number of benzene rings is 2. The van der Waals surface area contributed by atoms with Crippen LogP contribution in [0.5, 0.6) is 23.0 Å². The number of nitrogens with zero attached hydrogens (tertiary/aromatic N) is 2. The van der Waals surface area contributed by atoms with Crippen molar-refractivity contribution in [3.63, 3.8) is 0 Å². The van der Waals surface area contributed by atoms with Gasteiger partial charge < -0.3 is 29.1 Å². The second-order valence-electron chi connectivity index (χ2n) is 6.81. The van der Waals surface area contributed by atoms with Gasteiger partial charge in [0, 0.05) is 18.3 Å². The van der Waals surface area contributed by atoms with Crippen LogP contribution >= 0.6 is 0 Å². The third-order valence-corrected chi connectivity index (χ3v) is 4.59. The summed E-state index contributed by atoms with van der Waals surface area (Å²) in [7, 11) is 0. The number of fused-ring (bicyclic) bond motifs is 2. The minimum absolute atomic E-state index is 0.0961. The summed E-state index contributed by atoms with van der Waals surface area (Å²) in [5.74, 6) is 1.17. The highest BCUT2D eigenvalue weighted by atomic mass is 16.6. The molecule has 1 aliphatic rings. The van der Waals surface area contributed by atoms with Crippen molar-refractivity contribution in [3.05, 3.63) is 66.5 Å². The number of hydrogen-bond donors (Lipinski definition) is 2. The molecule has 31 heavy (non-hydrogen) atoms. The molecule has 2 aromatic heterocycles. The van der Waals surface area contributed by atoms with Crippen molar-refractivity contribution in [1.29, 1.82) is 0 Å². The van der Waals surface area contributed by atoms with Crippen LogP contribution in [-0.2, 0) is 0 Å². The fourth-order valence-corrected chi connectivity index (χ4v) is 3.14. The molecule has 4 aromatic rings. The summed E-state index contributed by atoms with van der Waals surface area (Å²) < 4.78 is 23.1. The number of aromatic carboxylic acids is 1. The lowest BCUT2D eigenvalue weighted by Gasteiger charge is -2.26. The van der Waals surface area contributed by atoms with E-state index in [-0.39, 0.29) is 11.8 Å². The molecule has 9 heteroatoms. The molecule has 0 fully saturated rings. The van der Waals surface area contributed by atoms with Gasteiger partial charge in [-0.2, -0.15) is 4.98 Å². The molecule has 0 spiro atoms. The summed E-state index contributed by atoms with van der Waals surface area (Å²) in [4.78, 5) is 19.2. The minimum Gasteiger partial charge on any atom is -0.486 e. The number of hydrogen-bond acceptors (Lipinski definition) is 8. The number of carboxylic acids is 1. The molecule has 1 aliphatic heterocycles. The maximum Gasteiger partial charge on any atom is 0.354 e. The number of carboxylic acid groups (broad SMARTS) is 1. The van der Waals surface area contributed by atoms with Crippen molar-refractivity contribution < 1.29 is 28.5 Å². The summed E-state index contributed by atoms with van der Waals surface area (Å²) in [6, 6.07) is 16.0. The number of nitrogens with one attached hydrogen (secondary N) is 1. The summed E-state index contributed by atoms with van der Waals surface area (Å²) in [5, 5.41) is 12.2. The third kappa shape index (κ3) is 4.06. The number of carbonyl (C=O) groups is 1. The zero-order valence-corrected chi connectivity index (χ0v) is 16.1. The highest BCUT2D eigenvalue weighted by Crippen LogP contribution is 2.31. The van der Waals surface area contributed by atoms with Crippen LogP contribution in [0.2, 0.25) is 0 Å².